The van der Waals surface area contributed by atoms with Gasteiger partial charge in [0.05, 0.1) is 31.4 Å². The number of benzene rings is 2. The molecule has 2 fully saturated rings. The van der Waals surface area contributed by atoms with Crippen LogP contribution in [-0.2, 0) is 14.3 Å². The second-order valence-electron chi connectivity index (χ2n) is 8.37. The number of Topliss-reactive ketones (excluding diaryl/α,β-unsaturated/α-hetero) is 1. The molecule has 7 nitrogen and oxygen atoms in total. The molecule has 0 spiro atoms. The molecule has 8 heteroatoms. The number of morpholine rings is 1. The van der Waals surface area contributed by atoms with Crippen LogP contribution < -0.4 is 4.74 Å². The number of amides is 1. The molecule has 0 radical (unpaired) electrons. The summed E-state index contributed by atoms with van der Waals surface area (Å²) in [6, 6.07) is 11.6. The number of hydrogen-bond acceptors (Lipinski definition) is 6. The maximum Gasteiger partial charge on any atom is 0.295 e. The van der Waals surface area contributed by atoms with E-state index in [2.05, 4.69) is 4.90 Å². The largest absolute Gasteiger partial charge is 0.507 e. The minimum atomic E-state index is -0.758. The predicted octanol–water partition coefficient (Wildman–Crippen LogP) is 3.37. The first kappa shape index (κ1) is 23.9. The summed E-state index contributed by atoms with van der Waals surface area (Å²) < 4.78 is 24.5. The fourth-order valence-corrected chi connectivity index (χ4v) is 4.26. The number of nitrogens with zero attached hydrogens (tertiary/aromatic N) is 2. The van der Waals surface area contributed by atoms with Crippen LogP contribution in [0.5, 0.6) is 5.75 Å². The Balaban J connectivity index is 1.69. The van der Waals surface area contributed by atoms with Crippen LogP contribution in [0, 0.1) is 5.82 Å². The van der Waals surface area contributed by atoms with Crippen molar-refractivity contribution in [1.82, 2.24) is 9.80 Å². The molecule has 0 bridgehead atoms. The summed E-state index contributed by atoms with van der Waals surface area (Å²) >= 11 is 0. The fraction of sp³-hybridized carbons (Fsp3) is 0.385. The van der Waals surface area contributed by atoms with E-state index in [9.17, 15) is 19.1 Å². The highest BCUT2D eigenvalue weighted by atomic mass is 19.1. The second kappa shape index (κ2) is 10.8. The van der Waals surface area contributed by atoms with Gasteiger partial charge in [0, 0.05) is 31.7 Å². The van der Waals surface area contributed by atoms with E-state index in [1.807, 2.05) is 6.92 Å². The van der Waals surface area contributed by atoms with Crippen LogP contribution in [-0.4, -0.2) is 72.6 Å². The molecule has 2 aromatic rings. The molecule has 0 aromatic heterocycles. The standard InChI is InChI=1S/C26H29FN2O5/c1-2-15-34-21-9-5-18(6-10-21)23-22(24(30)19-3-7-20(27)8-4-19)25(31)26(32)29(23)12-11-28-13-16-33-17-14-28/h3-10,23,30H,2,11-17H2,1H3/b24-22+/t23-/m1/s1. The Kier molecular flexibility index (Phi) is 7.59. The average molecular weight is 469 g/mol. The Morgan fingerprint density at radius 3 is 2.38 bits per heavy atom. The molecule has 2 aromatic carbocycles. The number of ether oxygens (including phenoxy) is 2. The number of hydrogen-bond donors (Lipinski definition) is 1. The third-order valence-electron chi connectivity index (χ3n) is 6.09. The smallest absolute Gasteiger partial charge is 0.295 e. The summed E-state index contributed by atoms with van der Waals surface area (Å²) in [5.74, 6) is -1.49. The first-order valence-electron chi connectivity index (χ1n) is 11.6. The zero-order valence-corrected chi connectivity index (χ0v) is 19.2. The van der Waals surface area contributed by atoms with Crippen LogP contribution >= 0.6 is 0 Å². The van der Waals surface area contributed by atoms with Gasteiger partial charge in [-0.25, -0.2) is 4.39 Å². The van der Waals surface area contributed by atoms with Gasteiger partial charge in [0.25, 0.3) is 11.7 Å². The first-order chi connectivity index (χ1) is 16.5. The number of ketones is 1. The first-order valence-corrected chi connectivity index (χ1v) is 11.6. The highest BCUT2D eigenvalue weighted by Gasteiger charge is 2.46. The van der Waals surface area contributed by atoms with E-state index in [-0.39, 0.29) is 16.9 Å². The van der Waals surface area contributed by atoms with Gasteiger partial charge in [0.1, 0.15) is 17.3 Å². The number of likely N-dealkylation sites (tertiary alicyclic amines) is 1. The minimum absolute atomic E-state index is 0.000752. The molecule has 180 valence electrons. The van der Waals surface area contributed by atoms with Crippen LogP contribution in [0.3, 0.4) is 0 Å². The van der Waals surface area contributed by atoms with Gasteiger partial charge in [-0.1, -0.05) is 19.1 Å². The van der Waals surface area contributed by atoms with E-state index >= 15 is 0 Å². The summed E-state index contributed by atoms with van der Waals surface area (Å²) in [6.07, 6.45) is 0.876. The van der Waals surface area contributed by atoms with Gasteiger partial charge in [0.2, 0.25) is 0 Å². The molecule has 1 N–H and O–H groups in total. The van der Waals surface area contributed by atoms with Crippen LogP contribution in [0.15, 0.2) is 54.1 Å². The number of aliphatic hydroxyl groups is 1. The number of carbonyl (C=O) groups excluding carboxylic acids is 2. The van der Waals surface area contributed by atoms with E-state index in [0.717, 1.165) is 19.5 Å². The van der Waals surface area contributed by atoms with Crippen molar-refractivity contribution >= 4 is 17.4 Å². The molecular weight excluding hydrogens is 439 g/mol. The van der Waals surface area contributed by atoms with Crippen molar-refractivity contribution in [3.05, 3.63) is 71.0 Å². The predicted molar refractivity (Wildman–Crippen MR) is 125 cm³/mol. The van der Waals surface area contributed by atoms with E-state index in [0.29, 0.717) is 44.2 Å². The Bertz CT molecular complexity index is 1050. The molecule has 2 heterocycles. The maximum atomic E-state index is 13.4. The molecule has 2 aliphatic rings. The second-order valence-corrected chi connectivity index (χ2v) is 8.37. The maximum absolute atomic E-state index is 13.4. The van der Waals surface area contributed by atoms with Crippen molar-refractivity contribution in [2.45, 2.75) is 19.4 Å². The van der Waals surface area contributed by atoms with Gasteiger partial charge in [-0.05, 0) is 48.4 Å². The molecule has 1 amide bonds. The number of halogens is 1. The van der Waals surface area contributed by atoms with E-state index in [1.54, 1.807) is 24.3 Å². The van der Waals surface area contributed by atoms with Gasteiger partial charge in [-0.3, -0.25) is 14.5 Å². The number of aliphatic hydroxyl groups excluding tert-OH is 1. The lowest BCUT2D eigenvalue weighted by Crippen LogP contribution is -2.42. The highest BCUT2D eigenvalue weighted by molar-refractivity contribution is 6.46. The third kappa shape index (κ3) is 5.13. The van der Waals surface area contributed by atoms with Crippen LogP contribution in [0.25, 0.3) is 5.76 Å². The lowest BCUT2D eigenvalue weighted by Gasteiger charge is -2.31. The van der Waals surface area contributed by atoms with Crippen LogP contribution in [0.2, 0.25) is 0 Å². The molecule has 0 unspecified atom stereocenters. The van der Waals surface area contributed by atoms with E-state index in [4.69, 9.17) is 9.47 Å². The SMILES string of the molecule is CCCOc1ccc([C@@H]2/C(=C(\O)c3ccc(F)cc3)C(=O)C(=O)N2CCN2CCOCC2)cc1. The fourth-order valence-electron chi connectivity index (χ4n) is 4.26. The summed E-state index contributed by atoms with van der Waals surface area (Å²) in [7, 11) is 0. The van der Waals surface area contributed by atoms with Crippen molar-refractivity contribution < 1.29 is 28.6 Å². The lowest BCUT2D eigenvalue weighted by molar-refractivity contribution is -0.140. The summed E-state index contributed by atoms with van der Waals surface area (Å²) in [4.78, 5) is 29.9. The van der Waals surface area contributed by atoms with Crippen LogP contribution in [0.4, 0.5) is 4.39 Å². The molecule has 0 aliphatic carbocycles. The van der Waals surface area contributed by atoms with Gasteiger partial charge < -0.3 is 19.5 Å². The van der Waals surface area contributed by atoms with Gasteiger partial charge in [-0.15, -0.1) is 0 Å². The zero-order valence-electron chi connectivity index (χ0n) is 19.2. The minimum Gasteiger partial charge on any atom is -0.507 e. The Labute approximate surface area is 198 Å². The number of rotatable bonds is 8. The molecule has 0 saturated carbocycles. The van der Waals surface area contributed by atoms with E-state index in [1.165, 1.54) is 29.2 Å². The highest BCUT2D eigenvalue weighted by Crippen LogP contribution is 2.39. The van der Waals surface area contributed by atoms with Crippen LogP contribution in [0.1, 0.15) is 30.5 Å². The summed E-state index contributed by atoms with van der Waals surface area (Å²) in [5, 5.41) is 11.0. The molecule has 34 heavy (non-hydrogen) atoms. The van der Waals surface area contributed by atoms with Crippen molar-refractivity contribution in [2.24, 2.45) is 0 Å². The Morgan fingerprint density at radius 1 is 1.06 bits per heavy atom. The van der Waals surface area contributed by atoms with E-state index < -0.39 is 23.5 Å². The molecule has 1 atom stereocenters. The summed E-state index contributed by atoms with van der Waals surface area (Å²) in [5.41, 5.74) is 0.968. The molecule has 2 saturated heterocycles. The zero-order chi connectivity index (χ0) is 24.1. The van der Waals surface area contributed by atoms with Gasteiger partial charge in [-0.2, -0.15) is 0 Å². The molecular formula is C26H29FN2O5. The quantitative estimate of drug-likeness (QED) is 0.364. The Morgan fingerprint density at radius 2 is 1.74 bits per heavy atom. The molecule has 4 rings (SSSR count). The average Bonchev–Trinajstić information content (AvgIpc) is 3.12. The normalized spacial score (nSPS) is 20.6. The lowest BCUT2D eigenvalue weighted by atomic mass is 9.95. The van der Waals surface area contributed by atoms with Crippen molar-refractivity contribution in [2.75, 3.05) is 46.0 Å². The molecule has 2 aliphatic heterocycles. The van der Waals surface area contributed by atoms with Crippen molar-refractivity contribution in [3.8, 4) is 5.75 Å². The van der Waals surface area contributed by atoms with Crippen molar-refractivity contribution in [1.29, 1.82) is 0 Å². The van der Waals surface area contributed by atoms with Gasteiger partial charge in [0.15, 0.2) is 0 Å². The number of carbonyl (C=O) groups is 2. The Hall–Kier alpha value is -3.23. The summed E-state index contributed by atoms with van der Waals surface area (Å²) in [6.45, 7) is 6.29. The van der Waals surface area contributed by atoms with Gasteiger partial charge >= 0.3 is 0 Å². The third-order valence-corrected chi connectivity index (χ3v) is 6.09. The monoisotopic (exact) mass is 468 g/mol. The van der Waals surface area contributed by atoms with Crippen molar-refractivity contribution in [3.63, 3.8) is 0 Å². The topological polar surface area (TPSA) is 79.3 Å².